The Hall–Kier alpha value is -2.86. The fourth-order valence-electron chi connectivity index (χ4n) is 3.54. The Kier molecular flexibility index (Phi) is 6.17. The van der Waals surface area contributed by atoms with Crippen LogP contribution in [0, 0.1) is 10.1 Å². The van der Waals surface area contributed by atoms with Crippen LogP contribution in [0.4, 0.5) is 5.69 Å². The molecule has 2 heterocycles. The van der Waals surface area contributed by atoms with Gasteiger partial charge in [-0.1, -0.05) is 0 Å². The van der Waals surface area contributed by atoms with Crippen molar-refractivity contribution in [1.82, 2.24) is 14.1 Å². The van der Waals surface area contributed by atoms with E-state index in [2.05, 4.69) is 0 Å². The van der Waals surface area contributed by atoms with Gasteiger partial charge in [-0.3, -0.25) is 29.4 Å². The summed E-state index contributed by atoms with van der Waals surface area (Å²) >= 11 is 0. The number of non-ortho nitro benzene ring substituents is 1. The summed E-state index contributed by atoms with van der Waals surface area (Å²) in [5, 5.41) is 10.9. The summed E-state index contributed by atoms with van der Waals surface area (Å²) in [6.07, 6.45) is 0.355. The molecule has 1 saturated heterocycles. The van der Waals surface area contributed by atoms with Gasteiger partial charge in [0, 0.05) is 51.3 Å². The Balaban J connectivity index is 1.52. The van der Waals surface area contributed by atoms with E-state index in [0.29, 0.717) is 13.1 Å². The van der Waals surface area contributed by atoms with Crippen LogP contribution in [0.3, 0.4) is 0 Å². The zero-order valence-electron chi connectivity index (χ0n) is 16.4. The van der Waals surface area contributed by atoms with E-state index in [9.17, 15) is 32.9 Å². The highest BCUT2D eigenvalue weighted by Crippen LogP contribution is 2.27. The quantitative estimate of drug-likeness (QED) is 0.342. The summed E-state index contributed by atoms with van der Waals surface area (Å²) in [5.74, 6) is -1.29. The number of piperazine rings is 1. The molecule has 0 N–H and O–H groups in total. The second-order valence-electron chi connectivity index (χ2n) is 7.03. The molecule has 3 rings (SSSR count). The minimum Gasteiger partial charge on any atom is -0.340 e. The standard InChI is InChI=1S/C18H22N4O7S/c1-2-30(28,29)20-10-8-19(9-11-20)16(23)4-3-7-21-17(24)14-6-5-13(22(26)27)12-15(14)18(21)25/h5-6,12H,2-4,7-11H2,1H3. The molecule has 0 aliphatic carbocycles. The minimum absolute atomic E-state index is 0.00576. The molecule has 0 atom stereocenters. The predicted molar refractivity (Wildman–Crippen MR) is 105 cm³/mol. The smallest absolute Gasteiger partial charge is 0.270 e. The number of amides is 3. The number of nitro groups is 1. The molecule has 30 heavy (non-hydrogen) atoms. The fourth-order valence-corrected chi connectivity index (χ4v) is 4.62. The number of rotatable bonds is 7. The summed E-state index contributed by atoms with van der Waals surface area (Å²) in [5.41, 5.74) is -0.157. The van der Waals surface area contributed by atoms with Gasteiger partial charge in [-0.15, -0.1) is 0 Å². The minimum atomic E-state index is -3.27. The van der Waals surface area contributed by atoms with Crippen molar-refractivity contribution in [2.45, 2.75) is 19.8 Å². The first kappa shape index (κ1) is 21.8. The van der Waals surface area contributed by atoms with Gasteiger partial charge in [0.1, 0.15) is 0 Å². The van der Waals surface area contributed by atoms with Crippen molar-refractivity contribution < 1.29 is 27.7 Å². The molecular weight excluding hydrogens is 416 g/mol. The first-order valence-corrected chi connectivity index (χ1v) is 11.2. The van der Waals surface area contributed by atoms with Crippen molar-refractivity contribution in [2.24, 2.45) is 0 Å². The molecule has 0 bridgehead atoms. The Labute approximate surface area is 173 Å². The molecule has 0 spiro atoms. The monoisotopic (exact) mass is 438 g/mol. The second kappa shape index (κ2) is 8.48. The Morgan fingerprint density at radius 1 is 1.10 bits per heavy atom. The summed E-state index contributed by atoms with van der Waals surface area (Å²) in [7, 11) is -3.27. The van der Waals surface area contributed by atoms with E-state index < -0.39 is 26.8 Å². The molecular formula is C18H22N4O7S. The average molecular weight is 438 g/mol. The Morgan fingerprint density at radius 3 is 2.33 bits per heavy atom. The molecule has 2 aliphatic rings. The van der Waals surface area contributed by atoms with E-state index in [0.717, 1.165) is 11.0 Å². The fraction of sp³-hybridized carbons (Fsp3) is 0.500. The van der Waals surface area contributed by atoms with Crippen LogP contribution in [0.1, 0.15) is 40.5 Å². The molecule has 12 heteroatoms. The van der Waals surface area contributed by atoms with Crippen LogP contribution in [-0.4, -0.2) is 83.6 Å². The molecule has 0 unspecified atom stereocenters. The predicted octanol–water partition coefficient (Wildman–Crippen LogP) is 0.465. The van der Waals surface area contributed by atoms with Crippen molar-refractivity contribution >= 4 is 33.4 Å². The van der Waals surface area contributed by atoms with Crippen LogP contribution in [0.5, 0.6) is 0 Å². The van der Waals surface area contributed by atoms with Gasteiger partial charge in [0.2, 0.25) is 15.9 Å². The summed E-state index contributed by atoms with van der Waals surface area (Å²) in [6.45, 7) is 2.70. The van der Waals surface area contributed by atoms with Gasteiger partial charge in [-0.05, 0) is 19.4 Å². The molecule has 0 saturated carbocycles. The number of carbonyl (C=O) groups is 3. The maximum atomic E-state index is 12.4. The van der Waals surface area contributed by atoms with Gasteiger partial charge in [0.15, 0.2) is 0 Å². The Morgan fingerprint density at radius 2 is 1.73 bits per heavy atom. The third kappa shape index (κ3) is 4.19. The topological polar surface area (TPSA) is 138 Å². The highest BCUT2D eigenvalue weighted by atomic mass is 32.2. The van der Waals surface area contributed by atoms with E-state index in [-0.39, 0.29) is 61.0 Å². The normalized spacial score (nSPS) is 17.4. The molecule has 0 aromatic heterocycles. The average Bonchev–Trinajstić information content (AvgIpc) is 2.98. The maximum absolute atomic E-state index is 12.4. The van der Waals surface area contributed by atoms with Gasteiger partial charge >= 0.3 is 0 Å². The number of benzene rings is 1. The van der Waals surface area contributed by atoms with Crippen LogP contribution in [-0.2, 0) is 14.8 Å². The van der Waals surface area contributed by atoms with Crippen LogP contribution >= 0.6 is 0 Å². The van der Waals surface area contributed by atoms with E-state index in [1.165, 1.54) is 16.4 Å². The lowest BCUT2D eigenvalue weighted by Crippen LogP contribution is -2.50. The highest BCUT2D eigenvalue weighted by Gasteiger charge is 2.36. The SMILES string of the molecule is CCS(=O)(=O)N1CCN(C(=O)CCCN2C(=O)c3ccc([N+](=O)[O-])cc3C2=O)CC1. The first-order valence-electron chi connectivity index (χ1n) is 9.56. The number of imide groups is 1. The summed E-state index contributed by atoms with van der Waals surface area (Å²) in [4.78, 5) is 50.1. The molecule has 1 aromatic rings. The largest absolute Gasteiger partial charge is 0.340 e. The number of nitrogens with zero attached hydrogens (tertiary/aromatic N) is 4. The van der Waals surface area contributed by atoms with Crippen LogP contribution in [0.25, 0.3) is 0 Å². The van der Waals surface area contributed by atoms with E-state index >= 15 is 0 Å². The van der Waals surface area contributed by atoms with Crippen LogP contribution in [0.15, 0.2) is 18.2 Å². The van der Waals surface area contributed by atoms with Gasteiger partial charge in [-0.25, -0.2) is 8.42 Å². The van der Waals surface area contributed by atoms with Crippen LogP contribution in [0.2, 0.25) is 0 Å². The number of sulfonamides is 1. The Bertz CT molecular complexity index is 1000. The van der Waals surface area contributed by atoms with Crippen LogP contribution < -0.4 is 0 Å². The zero-order valence-corrected chi connectivity index (χ0v) is 17.3. The molecule has 1 aromatic carbocycles. The third-order valence-electron chi connectivity index (χ3n) is 5.29. The number of hydrogen-bond acceptors (Lipinski definition) is 7. The van der Waals surface area contributed by atoms with Crippen molar-refractivity contribution in [3.8, 4) is 0 Å². The second-order valence-corrected chi connectivity index (χ2v) is 9.29. The highest BCUT2D eigenvalue weighted by molar-refractivity contribution is 7.89. The lowest BCUT2D eigenvalue weighted by Gasteiger charge is -2.34. The number of hydrogen-bond donors (Lipinski definition) is 0. The summed E-state index contributed by atoms with van der Waals surface area (Å²) < 4.78 is 25.1. The van der Waals surface area contributed by atoms with E-state index in [1.54, 1.807) is 11.8 Å². The number of nitro benzene ring substituents is 1. The van der Waals surface area contributed by atoms with E-state index in [4.69, 9.17) is 0 Å². The molecule has 162 valence electrons. The summed E-state index contributed by atoms with van der Waals surface area (Å²) in [6, 6.07) is 3.53. The molecule has 11 nitrogen and oxygen atoms in total. The van der Waals surface area contributed by atoms with Crippen molar-refractivity contribution in [3.05, 3.63) is 39.4 Å². The van der Waals surface area contributed by atoms with Crippen molar-refractivity contribution in [1.29, 1.82) is 0 Å². The lowest BCUT2D eigenvalue weighted by atomic mass is 10.1. The van der Waals surface area contributed by atoms with Crippen molar-refractivity contribution in [2.75, 3.05) is 38.5 Å². The third-order valence-corrected chi connectivity index (χ3v) is 7.17. The first-order chi connectivity index (χ1) is 14.2. The maximum Gasteiger partial charge on any atom is 0.270 e. The molecule has 0 radical (unpaired) electrons. The molecule has 1 fully saturated rings. The molecule has 3 amide bonds. The van der Waals surface area contributed by atoms with Gasteiger partial charge < -0.3 is 4.90 Å². The van der Waals surface area contributed by atoms with Gasteiger partial charge in [0.25, 0.3) is 17.5 Å². The zero-order chi connectivity index (χ0) is 22.1. The number of carbonyl (C=O) groups excluding carboxylic acids is 3. The molecule has 2 aliphatic heterocycles. The number of fused-ring (bicyclic) bond motifs is 1. The van der Waals surface area contributed by atoms with E-state index in [1.807, 2.05) is 0 Å². The van der Waals surface area contributed by atoms with Crippen molar-refractivity contribution in [3.63, 3.8) is 0 Å². The lowest BCUT2D eigenvalue weighted by molar-refractivity contribution is -0.384. The van der Waals surface area contributed by atoms with Gasteiger partial charge in [-0.2, -0.15) is 4.31 Å². The van der Waals surface area contributed by atoms with Gasteiger partial charge in [0.05, 0.1) is 21.8 Å².